The van der Waals surface area contributed by atoms with Crippen molar-refractivity contribution in [1.82, 2.24) is 0 Å². The van der Waals surface area contributed by atoms with Crippen LogP contribution in [0.5, 0.6) is 5.75 Å². The molecule has 23 heavy (non-hydrogen) atoms. The first-order valence-corrected chi connectivity index (χ1v) is 8.18. The van der Waals surface area contributed by atoms with Crippen molar-refractivity contribution >= 4 is 40.5 Å². The SMILES string of the molecule is CCC1C(c2ccc(OCC(=O)O)c(Cl)c2Cl)=CC(=O)CC1C. The van der Waals surface area contributed by atoms with Crippen molar-refractivity contribution in [3.8, 4) is 5.75 Å². The Bertz CT molecular complexity index is 667. The highest BCUT2D eigenvalue weighted by atomic mass is 35.5. The van der Waals surface area contributed by atoms with E-state index < -0.39 is 12.6 Å². The van der Waals surface area contributed by atoms with E-state index >= 15 is 0 Å². The minimum absolute atomic E-state index is 0.0793. The van der Waals surface area contributed by atoms with Gasteiger partial charge >= 0.3 is 5.97 Å². The van der Waals surface area contributed by atoms with Gasteiger partial charge < -0.3 is 9.84 Å². The summed E-state index contributed by atoms with van der Waals surface area (Å²) in [6.45, 7) is 3.63. The molecule has 0 heterocycles. The molecule has 0 bridgehead atoms. The maximum absolute atomic E-state index is 11.9. The lowest BCUT2D eigenvalue weighted by molar-refractivity contribution is -0.139. The number of benzene rings is 1. The number of hydrogen-bond acceptors (Lipinski definition) is 3. The van der Waals surface area contributed by atoms with E-state index in [9.17, 15) is 9.59 Å². The van der Waals surface area contributed by atoms with Crippen LogP contribution in [-0.4, -0.2) is 23.5 Å². The predicted molar refractivity (Wildman–Crippen MR) is 90.1 cm³/mol. The molecule has 0 amide bonds. The number of allylic oxidation sites excluding steroid dienone is 2. The molecule has 4 nitrogen and oxygen atoms in total. The fourth-order valence-electron chi connectivity index (χ4n) is 3.01. The molecule has 0 saturated heterocycles. The van der Waals surface area contributed by atoms with Gasteiger partial charge in [0.25, 0.3) is 0 Å². The number of halogens is 2. The fraction of sp³-hybridized carbons (Fsp3) is 0.412. The minimum Gasteiger partial charge on any atom is -0.480 e. The summed E-state index contributed by atoms with van der Waals surface area (Å²) in [4.78, 5) is 22.5. The van der Waals surface area contributed by atoms with E-state index in [1.54, 1.807) is 18.2 Å². The third-order valence-corrected chi connectivity index (χ3v) is 4.94. The number of carbonyl (C=O) groups excluding carboxylic acids is 1. The summed E-state index contributed by atoms with van der Waals surface area (Å²) in [6.07, 6.45) is 3.07. The van der Waals surface area contributed by atoms with E-state index in [4.69, 9.17) is 33.0 Å². The van der Waals surface area contributed by atoms with Crippen LogP contribution in [0.25, 0.3) is 5.57 Å². The molecule has 1 aliphatic carbocycles. The molecule has 2 unspecified atom stereocenters. The molecule has 0 radical (unpaired) electrons. The highest BCUT2D eigenvalue weighted by molar-refractivity contribution is 6.44. The van der Waals surface area contributed by atoms with E-state index in [0.717, 1.165) is 12.0 Å². The van der Waals surface area contributed by atoms with Gasteiger partial charge in [0.1, 0.15) is 10.8 Å². The Labute approximate surface area is 145 Å². The molecule has 124 valence electrons. The van der Waals surface area contributed by atoms with Crippen molar-refractivity contribution in [2.75, 3.05) is 6.61 Å². The molecule has 2 rings (SSSR count). The summed E-state index contributed by atoms with van der Waals surface area (Å²) in [7, 11) is 0. The first kappa shape index (κ1) is 17.8. The van der Waals surface area contributed by atoms with Crippen LogP contribution in [0.3, 0.4) is 0 Å². The molecule has 1 aliphatic rings. The van der Waals surface area contributed by atoms with Gasteiger partial charge in [0.2, 0.25) is 0 Å². The Morgan fingerprint density at radius 1 is 1.35 bits per heavy atom. The molecule has 0 spiro atoms. The lowest BCUT2D eigenvalue weighted by Crippen LogP contribution is -2.22. The summed E-state index contributed by atoms with van der Waals surface area (Å²) < 4.78 is 5.11. The van der Waals surface area contributed by atoms with Gasteiger partial charge in [-0.1, -0.05) is 37.0 Å². The average molecular weight is 357 g/mol. The second kappa shape index (κ2) is 7.37. The topological polar surface area (TPSA) is 63.6 Å². The zero-order valence-electron chi connectivity index (χ0n) is 12.9. The molecule has 0 fully saturated rings. The quantitative estimate of drug-likeness (QED) is 0.844. The molecule has 0 aromatic heterocycles. The first-order valence-electron chi connectivity index (χ1n) is 7.42. The Hall–Kier alpha value is -1.52. The number of carboxylic acid groups (broad SMARTS) is 1. The Morgan fingerprint density at radius 3 is 2.65 bits per heavy atom. The van der Waals surface area contributed by atoms with Crippen molar-refractivity contribution in [2.24, 2.45) is 11.8 Å². The van der Waals surface area contributed by atoms with Gasteiger partial charge in [-0.15, -0.1) is 0 Å². The van der Waals surface area contributed by atoms with Crippen molar-refractivity contribution in [3.05, 3.63) is 33.8 Å². The summed E-state index contributed by atoms with van der Waals surface area (Å²) in [6, 6.07) is 3.31. The molecule has 1 N–H and O–H groups in total. The number of hydrogen-bond donors (Lipinski definition) is 1. The van der Waals surface area contributed by atoms with Crippen LogP contribution in [0.1, 0.15) is 32.3 Å². The normalized spacial score (nSPS) is 21.0. The van der Waals surface area contributed by atoms with Crippen LogP contribution in [0.15, 0.2) is 18.2 Å². The van der Waals surface area contributed by atoms with Gasteiger partial charge in [0.15, 0.2) is 12.4 Å². The van der Waals surface area contributed by atoms with Gasteiger partial charge in [-0.25, -0.2) is 4.79 Å². The Balaban J connectivity index is 2.41. The van der Waals surface area contributed by atoms with Crippen molar-refractivity contribution in [2.45, 2.75) is 26.7 Å². The summed E-state index contributed by atoms with van der Waals surface area (Å²) >= 11 is 12.6. The molecular formula is C17H18Cl2O4. The van der Waals surface area contributed by atoms with Crippen LogP contribution in [0.2, 0.25) is 10.0 Å². The highest BCUT2D eigenvalue weighted by Crippen LogP contribution is 2.44. The number of carbonyl (C=O) groups is 2. The molecule has 2 atom stereocenters. The maximum Gasteiger partial charge on any atom is 0.341 e. The van der Waals surface area contributed by atoms with Crippen LogP contribution in [0, 0.1) is 11.8 Å². The van der Waals surface area contributed by atoms with Crippen molar-refractivity contribution in [3.63, 3.8) is 0 Å². The van der Waals surface area contributed by atoms with Crippen molar-refractivity contribution in [1.29, 1.82) is 0 Å². The fourth-order valence-corrected chi connectivity index (χ4v) is 3.50. The minimum atomic E-state index is -1.10. The number of ether oxygens (including phenoxy) is 1. The van der Waals surface area contributed by atoms with Crippen molar-refractivity contribution < 1.29 is 19.4 Å². The third-order valence-electron chi connectivity index (χ3n) is 4.07. The largest absolute Gasteiger partial charge is 0.480 e. The molecule has 6 heteroatoms. The number of ketones is 1. The lowest BCUT2D eigenvalue weighted by Gasteiger charge is -2.29. The van der Waals surface area contributed by atoms with Gasteiger partial charge in [0, 0.05) is 6.42 Å². The van der Waals surface area contributed by atoms with Crippen LogP contribution >= 0.6 is 23.2 Å². The Kier molecular flexibility index (Phi) is 5.71. The van der Waals surface area contributed by atoms with Crippen LogP contribution < -0.4 is 4.74 Å². The molecule has 0 saturated carbocycles. The van der Waals surface area contributed by atoms with E-state index in [1.807, 2.05) is 0 Å². The number of rotatable bonds is 5. The van der Waals surface area contributed by atoms with Gasteiger partial charge in [-0.2, -0.15) is 0 Å². The van der Waals surface area contributed by atoms with Gasteiger partial charge in [0.05, 0.1) is 5.02 Å². The Morgan fingerprint density at radius 2 is 2.04 bits per heavy atom. The van der Waals surface area contributed by atoms with Crippen LogP contribution in [-0.2, 0) is 9.59 Å². The van der Waals surface area contributed by atoms with Gasteiger partial charge in [-0.05, 0) is 47.6 Å². The average Bonchev–Trinajstić information content (AvgIpc) is 2.48. The van der Waals surface area contributed by atoms with Crippen LogP contribution in [0.4, 0.5) is 0 Å². The molecule has 1 aromatic carbocycles. The number of aliphatic carboxylic acids is 1. The van der Waals surface area contributed by atoms with E-state index in [0.29, 0.717) is 12.0 Å². The second-order valence-electron chi connectivity index (χ2n) is 5.68. The maximum atomic E-state index is 11.9. The molecular weight excluding hydrogens is 339 g/mol. The van der Waals surface area contributed by atoms with Gasteiger partial charge in [-0.3, -0.25) is 4.79 Å². The highest BCUT2D eigenvalue weighted by Gasteiger charge is 2.29. The summed E-state index contributed by atoms with van der Waals surface area (Å²) in [5.74, 6) is -0.332. The first-order chi connectivity index (χ1) is 10.8. The van der Waals surface area contributed by atoms with E-state index in [1.165, 1.54) is 0 Å². The summed E-state index contributed by atoms with van der Waals surface area (Å²) in [5.41, 5.74) is 1.58. The summed E-state index contributed by atoms with van der Waals surface area (Å²) in [5, 5.41) is 9.11. The zero-order valence-corrected chi connectivity index (χ0v) is 14.4. The third kappa shape index (κ3) is 3.88. The number of carboxylic acids is 1. The molecule has 1 aromatic rings. The predicted octanol–water partition coefficient (Wildman–Crippen LogP) is 4.48. The smallest absolute Gasteiger partial charge is 0.341 e. The molecule has 0 aliphatic heterocycles. The van der Waals surface area contributed by atoms with E-state index in [2.05, 4.69) is 13.8 Å². The van der Waals surface area contributed by atoms with E-state index in [-0.39, 0.29) is 33.4 Å². The zero-order chi connectivity index (χ0) is 17.1. The second-order valence-corrected chi connectivity index (χ2v) is 6.44. The monoisotopic (exact) mass is 356 g/mol. The lowest BCUT2D eigenvalue weighted by atomic mass is 9.75. The standard InChI is InChI=1S/C17H18Cl2O4/c1-3-11-9(2)6-10(20)7-13(11)12-4-5-14(17(19)16(12)18)23-8-15(21)22/h4-5,7,9,11H,3,6,8H2,1-2H3,(H,21,22).